The highest BCUT2D eigenvalue weighted by atomic mass is 15.3. The van der Waals surface area contributed by atoms with E-state index in [1.54, 1.807) is 0 Å². The van der Waals surface area contributed by atoms with E-state index in [-0.39, 0.29) is 0 Å². The van der Waals surface area contributed by atoms with Crippen LogP contribution in [0.3, 0.4) is 0 Å². The van der Waals surface area contributed by atoms with Gasteiger partial charge < -0.3 is 20.9 Å². The molecule has 40 heavy (non-hydrogen) atoms. The molecule has 2 fully saturated rings. The summed E-state index contributed by atoms with van der Waals surface area (Å²) < 4.78 is 0. The molecular weight excluding hydrogens is 498 g/mol. The van der Waals surface area contributed by atoms with E-state index >= 15 is 0 Å². The van der Waals surface area contributed by atoms with Gasteiger partial charge in [-0.1, -0.05) is 30.3 Å². The number of para-hydroxylation sites is 1. The van der Waals surface area contributed by atoms with Gasteiger partial charge in [0, 0.05) is 60.6 Å². The third kappa shape index (κ3) is 4.91. The number of nitrogen functional groups attached to an aromatic ring is 1. The Balaban J connectivity index is 1.02. The summed E-state index contributed by atoms with van der Waals surface area (Å²) in [5.41, 5.74) is 12.4. The number of aromatic amines is 2. The molecule has 9 heteroatoms. The average molecular weight is 536 g/mol. The first kappa shape index (κ1) is 25.0. The molecule has 0 unspecified atom stereocenters. The summed E-state index contributed by atoms with van der Waals surface area (Å²) in [4.78, 5) is 18.2. The number of aromatic nitrogens is 5. The van der Waals surface area contributed by atoms with E-state index in [1.807, 2.05) is 6.07 Å². The minimum atomic E-state index is 0.346. The number of H-pyrrole nitrogens is 2. The lowest BCUT2D eigenvalue weighted by molar-refractivity contribution is 0.0873. The Morgan fingerprint density at radius 1 is 0.950 bits per heavy atom. The lowest BCUT2D eigenvalue weighted by Crippen LogP contribution is -2.49. The standard InChI is InChI=1S/C31H37N9/c1-39-14-16-40(17-15-39)25-12-8-21(9-13-25)30-35-29(32)27-28(37-38-31(27)36-30)20-6-10-23(11-7-20)33-19-24-18-22-4-2-3-5-26(22)34-24/h2-7,10-11,18,21,25,33-34H,8-9,12-17,19H2,1H3,(H3,32,35,36,37,38). The van der Waals surface area contributed by atoms with E-state index in [1.165, 1.54) is 44.4 Å². The number of anilines is 2. The first-order valence-electron chi connectivity index (χ1n) is 14.5. The van der Waals surface area contributed by atoms with E-state index in [0.29, 0.717) is 23.4 Å². The molecular formula is C31H37N9. The molecule has 0 amide bonds. The summed E-state index contributed by atoms with van der Waals surface area (Å²) in [6.07, 6.45) is 4.60. The Morgan fingerprint density at radius 2 is 1.73 bits per heavy atom. The number of fused-ring (bicyclic) bond motifs is 2. The van der Waals surface area contributed by atoms with Gasteiger partial charge in [-0.05, 0) is 62.4 Å². The van der Waals surface area contributed by atoms with Crippen LogP contribution in [0.25, 0.3) is 33.2 Å². The zero-order valence-electron chi connectivity index (χ0n) is 23.0. The maximum atomic E-state index is 6.54. The number of hydrogen-bond donors (Lipinski definition) is 4. The minimum Gasteiger partial charge on any atom is -0.383 e. The van der Waals surface area contributed by atoms with Crippen LogP contribution in [0.2, 0.25) is 0 Å². The van der Waals surface area contributed by atoms with Gasteiger partial charge in [-0.2, -0.15) is 5.10 Å². The summed E-state index contributed by atoms with van der Waals surface area (Å²) in [7, 11) is 2.21. The van der Waals surface area contributed by atoms with Gasteiger partial charge in [0.15, 0.2) is 5.65 Å². The molecule has 5 aromatic rings. The quantitative estimate of drug-likeness (QED) is 0.243. The number of nitrogens with one attached hydrogen (secondary N) is 3. The Morgan fingerprint density at radius 3 is 2.50 bits per heavy atom. The second-order valence-corrected chi connectivity index (χ2v) is 11.4. The molecule has 0 atom stereocenters. The highest BCUT2D eigenvalue weighted by Gasteiger charge is 2.30. The van der Waals surface area contributed by atoms with Crippen LogP contribution in [-0.2, 0) is 6.54 Å². The number of benzene rings is 2. The van der Waals surface area contributed by atoms with E-state index in [4.69, 9.17) is 15.7 Å². The molecule has 2 aromatic carbocycles. The number of likely N-dealkylation sites (N-methyl/N-ethyl adjacent to an activating group) is 1. The Bertz CT molecular complexity index is 1570. The van der Waals surface area contributed by atoms with E-state index in [9.17, 15) is 0 Å². The third-order valence-electron chi connectivity index (χ3n) is 8.82. The normalized spacial score (nSPS) is 20.8. The van der Waals surface area contributed by atoms with Crippen molar-refractivity contribution in [1.82, 2.24) is 34.9 Å². The second kappa shape index (κ2) is 10.6. The van der Waals surface area contributed by atoms with Crippen LogP contribution in [0.1, 0.15) is 43.1 Å². The van der Waals surface area contributed by atoms with Gasteiger partial charge in [-0.15, -0.1) is 0 Å². The number of nitrogens with zero attached hydrogens (tertiary/aromatic N) is 5. The van der Waals surface area contributed by atoms with Crippen molar-refractivity contribution in [2.75, 3.05) is 44.3 Å². The van der Waals surface area contributed by atoms with Crippen LogP contribution in [0.5, 0.6) is 0 Å². The monoisotopic (exact) mass is 535 g/mol. The number of rotatable bonds is 6. The van der Waals surface area contributed by atoms with Crippen molar-refractivity contribution in [2.24, 2.45) is 0 Å². The molecule has 0 spiro atoms. The van der Waals surface area contributed by atoms with Crippen LogP contribution < -0.4 is 11.1 Å². The number of piperazine rings is 1. The van der Waals surface area contributed by atoms with E-state index < -0.39 is 0 Å². The summed E-state index contributed by atoms with van der Waals surface area (Å²) in [6.45, 7) is 5.42. The molecule has 3 aromatic heterocycles. The van der Waals surface area contributed by atoms with Crippen molar-refractivity contribution >= 4 is 33.4 Å². The van der Waals surface area contributed by atoms with Gasteiger partial charge in [-0.25, -0.2) is 9.97 Å². The van der Waals surface area contributed by atoms with Gasteiger partial charge in [-0.3, -0.25) is 10.00 Å². The first-order valence-corrected chi connectivity index (χ1v) is 14.5. The first-order chi connectivity index (χ1) is 19.6. The maximum Gasteiger partial charge on any atom is 0.187 e. The third-order valence-corrected chi connectivity index (χ3v) is 8.82. The summed E-state index contributed by atoms with van der Waals surface area (Å²) in [5.74, 6) is 1.69. The van der Waals surface area contributed by atoms with Crippen molar-refractivity contribution in [2.45, 2.75) is 44.2 Å². The van der Waals surface area contributed by atoms with Crippen LogP contribution in [-0.4, -0.2) is 74.2 Å². The predicted molar refractivity (Wildman–Crippen MR) is 161 cm³/mol. The van der Waals surface area contributed by atoms with Gasteiger partial charge in [0.25, 0.3) is 0 Å². The van der Waals surface area contributed by atoms with Crippen LogP contribution in [0.4, 0.5) is 11.5 Å². The molecule has 5 N–H and O–H groups in total. The van der Waals surface area contributed by atoms with Crippen molar-refractivity contribution in [3.8, 4) is 11.3 Å². The van der Waals surface area contributed by atoms with Gasteiger partial charge in [0.1, 0.15) is 11.6 Å². The molecule has 9 nitrogen and oxygen atoms in total. The largest absolute Gasteiger partial charge is 0.383 e. The SMILES string of the molecule is CN1CCN(C2CCC(c3nc(N)c4c(-c5ccc(NCc6cc7ccccc7[nH]6)cc5)[nH]nc4n3)CC2)CC1. The van der Waals surface area contributed by atoms with E-state index in [2.05, 4.69) is 85.9 Å². The molecule has 1 aliphatic heterocycles. The lowest BCUT2D eigenvalue weighted by Gasteiger charge is -2.40. The van der Waals surface area contributed by atoms with Crippen LogP contribution >= 0.6 is 0 Å². The zero-order chi connectivity index (χ0) is 27.1. The molecule has 7 rings (SSSR count). The van der Waals surface area contributed by atoms with Gasteiger partial charge >= 0.3 is 0 Å². The van der Waals surface area contributed by atoms with Crippen molar-refractivity contribution < 1.29 is 0 Å². The van der Waals surface area contributed by atoms with Crippen molar-refractivity contribution in [1.29, 1.82) is 0 Å². The summed E-state index contributed by atoms with van der Waals surface area (Å²) in [5, 5.41) is 13.2. The Hall–Kier alpha value is -3.95. The summed E-state index contributed by atoms with van der Waals surface area (Å²) >= 11 is 0. The fourth-order valence-corrected chi connectivity index (χ4v) is 6.43. The van der Waals surface area contributed by atoms with Gasteiger partial charge in [0.2, 0.25) is 0 Å². The highest BCUT2D eigenvalue weighted by Crippen LogP contribution is 2.36. The average Bonchev–Trinajstić information content (AvgIpc) is 3.61. The van der Waals surface area contributed by atoms with Crippen molar-refractivity contribution in [3.05, 3.63) is 66.1 Å². The molecule has 2 aliphatic rings. The fourth-order valence-electron chi connectivity index (χ4n) is 6.43. The fraction of sp³-hybridized carbons (Fsp3) is 0.387. The zero-order valence-corrected chi connectivity index (χ0v) is 23.0. The molecule has 206 valence electrons. The minimum absolute atomic E-state index is 0.346. The maximum absolute atomic E-state index is 6.54. The Labute approximate surface area is 234 Å². The predicted octanol–water partition coefficient (Wildman–Crippen LogP) is 4.97. The summed E-state index contributed by atoms with van der Waals surface area (Å²) in [6, 6.07) is 19.5. The van der Waals surface area contributed by atoms with Crippen molar-refractivity contribution in [3.63, 3.8) is 0 Å². The number of hydrogen-bond acceptors (Lipinski definition) is 7. The van der Waals surface area contributed by atoms with Gasteiger partial charge in [0.05, 0.1) is 17.6 Å². The topological polar surface area (TPSA) is 115 Å². The number of nitrogens with two attached hydrogens (primary N) is 1. The Kier molecular flexibility index (Phi) is 6.61. The molecule has 0 radical (unpaired) electrons. The highest BCUT2D eigenvalue weighted by molar-refractivity contribution is 5.98. The molecule has 4 heterocycles. The second-order valence-electron chi connectivity index (χ2n) is 11.4. The van der Waals surface area contributed by atoms with E-state index in [0.717, 1.165) is 58.8 Å². The smallest absolute Gasteiger partial charge is 0.187 e. The molecule has 1 saturated carbocycles. The van der Waals surface area contributed by atoms with Crippen LogP contribution in [0, 0.1) is 0 Å². The lowest BCUT2D eigenvalue weighted by atomic mass is 9.84. The molecule has 1 aliphatic carbocycles. The van der Waals surface area contributed by atoms with Crippen LogP contribution in [0.15, 0.2) is 54.6 Å². The molecule has 1 saturated heterocycles. The molecule has 0 bridgehead atoms.